The highest BCUT2D eigenvalue weighted by molar-refractivity contribution is 14.1. The average Bonchev–Trinajstić information content (AvgIpc) is 2.94. The number of anilines is 1. The van der Waals surface area contributed by atoms with Crippen LogP contribution in [0.15, 0.2) is 6.33 Å². The molecule has 138 valence electrons. The van der Waals surface area contributed by atoms with Gasteiger partial charge in [0.05, 0.1) is 12.9 Å². The molecule has 0 bridgehead atoms. The number of rotatable bonds is 3. The van der Waals surface area contributed by atoms with E-state index in [0.29, 0.717) is 15.0 Å². The second kappa shape index (κ2) is 5.46. The van der Waals surface area contributed by atoms with Crippen molar-refractivity contribution in [2.75, 3.05) is 19.5 Å². The molecule has 1 aliphatic heterocycles. The van der Waals surface area contributed by atoms with Gasteiger partial charge in [-0.3, -0.25) is 4.57 Å². The summed E-state index contributed by atoms with van der Waals surface area (Å²) < 4.78 is 13.5. The van der Waals surface area contributed by atoms with Crippen LogP contribution in [0.5, 0.6) is 0 Å². The summed E-state index contributed by atoms with van der Waals surface area (Å²) in [6.07, 6.45) is 1.48. The Bertz CT molecular complexity index is 839. The first-order chi connectivity index (χ1) is 11.4. The molecule has 10 heteroatoms. The van der Waals surface area contributed by atoms with E-state index < -0.39 is 22.5 Å². The fourth-order valence-corrected chi connectivity index (χ4v) is 4.03. The van der Waals surface area contributed by atoms with Crippen molar-refractivity contribution in [1.82, 2.24) is 19.5 Å². The molecular formula is C15H22IN5O4. The van der Waals surface area contributed by atoms with Crippen molar-refractivity contribution in [2.24, 2.45) is 0 Å². The minimum Gasteiger partial charge on any atom is -0.384 e. The van der Waals surface area contributed by atoms with Gasteiger partial charge in [-0.2, -0.15) is 0 Å². The molecule has 9 nitrogen and oxygen atoms in total. The van der Waals surface area contributed by atoms with Crippen LogP contribution in [0.4, 0.5) is 5.82 Å². The lowest BCUT2D eigenvalue weighted by molar-refractivity contribution is -0.194. The molecule has 1 fully saturated rings. The van der Waals surface area contributed by atoms with Crippen molar-refractivity contribution >= 4 is 39.6 Å². The van der Waals surface area contributed by atoms with E-state index in [1.165, 1.54) is 27.3 Å². The van der Waals surface area contributed by atoms with Crippen LogP contribution in [0.1, 0.15) is 27.7 Å². The summed E-state index contributed by atoms with van der Waals surface area (Å²) in [5, 5.41) is 22.5. The number of nitrogen functional groups attached to an aromatic ring is 1. The lowest BCUT2D eigenvalue weighted by atomic mass is 9.73. The number of ether oxygens (including phenoxy) is 2. The van der Waals surface area contributed by atoms with Crippen LogP contribution in [0.25, 0.3) is 11.2 Å². The minimum atomic E-state index is -1.69. The van der Waals surface area contributed by atoms with E-state index in [9.17, 15) is 10.2 Å². The molecule has 2 aromatic rings. The van der Waals surface area contributed by atoms with Gasteiger partial charge in [-0.15, -0.1) is 0 Å². The summed E-state index contributed by atoms with van der Waals surface area (Å²) >= 11 is 1.96. The monoisotopic (exact) mass is 463 g/mol. The smallest absolute Gasteiger partial charge is 0.194 e. The quantitative estimate of drug-likeness (QED) is 0.447. The number of hydrogen-bond donors (Lipinski definition) is 3. The lowest BCUT2D eigenvalue weighted by Crippen LogP contribution is -2.63. The molecule has 2 aromatic heterocycles. The largest absolute Gasteiger partial charge is 0.384 e. The Morgan fingerprint density at radius 1 is 1.24 bits per heavy atom. The summed E-state index contributed by atoms with van der Waals surface area (Å²) in [5.41, 5.74) is 0.904. The molecule has 0 saturated carbocycles. The molecular weight excluding hydrogens is 441 g/mol. The van der Waals surface area contributed by atoms with Crippen LogP contribution in [0.2, 0.25) is 0 Å². The van der Waals surface area contributed by atoms with Gasteiger partial charge < -0.3 is 25.4 Å². The predicted octanol–water partition coefficient (Wildman–Crippen LogP) is 0.623. The Kier molecular flexibility index (Phi) is 4.08. The highest BCUT2D eigenvalue weighted by Crippen LogP contribution is 2.55. The maximum Gasteiger partial charge on any atom is 0.194 e. The molecule has 3 rings (SSSR count). The lowest BCUT2D eigenvalue weighted by Gasteiger charge is -2.42. The molecule has 4 atom stereocenters. The van der Waals surface area contributed by atoms with Crippen molar-refractivity contribution in [1.29, 1.82) is 0 Å². The molecule has 3 heterocycles. The van der Waals surface area contributed by atoms with E-state index >= 15 is 0 Å². The highest BCUT2D eigenvalue weighted by Gasteiger charge is 2.73. The zero-order chi connectivity index (χ0) is 18.8. The fourth-order valence-electron chi connectivity index (χ4n) is 3.54. The predicted molar refractivity (Wildman–Crippen MR) is 98.7 cm³/mol. The van der Waals surface area contributed by atoms with Crippen molar-refractivity contribution < 1.29 is 19.7 Å². The number of nitrogens with zero attached hydrogens (tertiary/aromatic N) is 4. The molecule has 0 aliphatic carbocycles. The molecule has 1 aliphatic rings. The van der Waals surface area contributed by atoms with Crippen LogP contribution in [0.3, 0.4) is 0 Å². The summed E-state index contributed by atoms with van der Waals surface area (Å²) in [6, 6.07) is 0. The van der Waals surface area contributed by atoms with Crippen LogP contribution in [-0.2, 0) is 15.2 Å². The van der Waals surface area contributed by atoms with E-state index in [-0.39, 0.29) is 12.4 Å². The molecule has 4 N–H and O–H groups in total. The van der Waals surface area contributed by atoms with Gasteiger partial charge in [0.25, 0.3) is 0 Å². The highest BCUT2D eigenvalue weighted by atomic mass is 127. The van der Waals surface area contributed by atoms with Gasteiger partial charge in [0.2, 0.25) is 0 Å². The Morgan fingerprint density at radius 3 is 2.48 bits per heavy atom. The maximum atomic E-state index is 11.3. The Labute approximate surface area is 158 Å². The third kappa shape index (κ3) is 2.24. The van der Waals surface area contributed by atoms with Crippen LogP contribution in [0, 0.1) is 3.83 Å². The number of aliphatic hydroxyl groups is 2. The van der Waals surface area contributed by atoms with E-state index in [0.717, 1.165) is 0 Å². The maximum absolute atomic E-state index is 11.3. The number of methoxy groups -OCH3 is 1. The molecule has 25 heavy (non-hydrogen) atoms. The molecule has 0 spiro atoms. The third-order valence-corrected chi connectivity index (χ3v) is 6.06. The van der Waals surface area contributed by atoms with Crippen molar-refractivity contribution in [2.45, 2.75) is 50.2 Å². The van der Waals surface area contributed by atoms with Crippen molar-refractivity contribution in [3.8, 4) is 0 Å². The van der Waals surface area contributed by atoms with Gasteiger partial charge >= 0.3 is 0 Å². The van der Waals surface area contributed by atoms with E-state index in [1.54, 1.807) is 18.4 Å². The van der Waals surface area contributed by atoms with E-state index in [2.05, 4.69) is 15.0 Å². The topological polar surface area (TPSA) is 129 Å². The first-order valence-electron chi connectivity index (χ1n) is 7.72. The molecule has 0 aromatic carbocycles. The van der Waals surface area contributed by atoms with Gasteiger partial charge in [0, 0.05) is 29.7 Å². The van der Waals surface area contributed by atoms with Crippen molar-refractivity contribution in [3.63, 3.8) is 0 Å². The van der Waals surface area contributed by atoms with Gasteiger partial charge in [0.1, 0.15) is 22.3 Å². The van der Waals surface area contributed by atoms with Gasteiger partial charge in [-0.05, 0) is 27.7 Å². The summed E-state index contributed by atoms with van der Waals surface area (Å²) in [6.45, 7) is 6.52. The molecule has 0 radical (unpaired) electrons. The number of halogens is 1. The molecule has 2 unspecified atom stereocenters. The van der Waals surface area contributed by atoms with Gasteiger partial charge in [0.15, 0.2) is 21.0 Å². The van der Waals surface area contributed by atoms with Gasteiger partial charge in [-0.1, -0.05) is 0 Å². The number of fused-ring (bicyclic) bond motifs is 1. The summed E-state index contributed by atoms with van der Waals surface area (Å²) in [4.78, 5) is 12.7. The Hall–Kier alpha value is -1.08. The van der Waals surface area contributed by atoms with Gasteiger partial charge in [-0.25, -0.2) is 15.0 Å². The van der Waals surface area contributed by atoms with Crippen LogP contribution < -0.4 is 5.73 Å². The van der Waals surface area contributed by atoms with Crippen LogP contribution >= 0.6 is 22.6 Å². The number of hydrogen-bond acceptors (Lipinski definition) is 8. The summed E-state index contributed by atoms with van der Waals surface area (Å²) in [7, 11) is 1.51. The molecule has 0 amide bonds. The van der Waals surface area contributed by atoms with Crippen molar-refractivity contribution in [3.05, 3.63) is 10.2 Å². The fraction of sp³-hybridized carbons (Fsp3) is 0.667. The normalized spacial score (nSPS) is 38.6. The number of nitrogens with two attached hydrogens (primary N) is 1. The Balaban J connectivity index is 2.26. The Morgan fingerprint density at radius 2 is 1.88 bits per heavy atom. The van der Waals surface area contributed by atoms with Crippen LogP contribution in [-0.4, -0.2) is 60.3 Å². The van der Waals surface area contributed by atoms with E-state index in [4.69, 9.17) is 15.2 Å². The first kappa shape index (κ1) is 18.7. The summed E-state index contributed by atoms with van der Waals surface area (Å²) in [5.74, 6) is 0.237. The second-order valence-corrected chi connectivity index (χ2v) is 8.02. The zero-order valence-corrected chi connectivity index (χ0v) is 16.9. The SMILES string of the molecule is COC[C@@]1(C)OC(C)(n2cnc3c(N)nc(I)nc32)[C@](C)(O)C1(C)O. The minimum absolute atomic E-state index is 0.0903. The zero-order valence-electron chi connectivity index (χ0n) is 14.7. The number of aromatic nitrogens is 4. The molecule has 1 saturated heterocycles. The second-order valence-electron chi connectivity index (χ2n) is 7.06. The first-order valence-corrected chi connectivity index (χ1v) is 8.79. The third-order valence-electron chi connectivity index (χ3n) is 5.58. The standard InChI is InChI=1S/C15H22IN5O4/c1-12(6-24-5)13(2,22)14(3,23)15(4,25-12)21-7-18-8-9(17)19-11(16)20-10(8)21/h7,22-23H,6H2,1-5H3,(H2,17,19,20)/t12-,13?,14-,15?/m1/s1. The van der Waals surface area contributed by atoms with E-state index in [1.807, 2.05) is 22.6 Å². The average molecular weight is 463 g/mol. The number of imidazole rings is 1.